The van der Waals surface area contributed by atoms with Gasteiger partial charge in [-0.05, 0) is 135 Å². The lowest BCUT2D eigenvalue weighted by atomic mass is 10.1. The SMILES string of the molecule is CC/C=C\C/C=C\C/C=C\C/C=C\C/C=C\C/C=C\C/C=C\CCCC(=O)OCC(COC(=O)CCCCCCC/C=C\CCCCC)OC(=O)CCCCCCCC/C=C\C/C=C\C/C=C\CCCCC. The van der Waals surface area contributed by atoms with E-state index in [2.05, 4.69) is 154 Å². The Morgan fingerprint density at radius 1 is 0.292 bits per heavy atom. The highest BCUT2D eigenvalue weighted by Crippen LogP contribution is 2.13. The lowest BCUT2D eigenvalue weighted by Crippen LogP contribution is -2.30. The molecule has 0 aliphatic heterocycles. The van der Waals surface area contributed by atoms with Crippen molar-refractivity contribution in [2.75, 3.05) is 13.2 Å². The highest BCUT2D eigenvalue weighted by atomic mass is 16.6. The third-order valence-electron chi connectivity index (χ3n) is 11.9. The fourth-order valence-electron chi connectivity index (χ4n) is 7.49. The molecule has 0 saturated heterocycles. The summed E-state index contributed by atoms with van der Waals surface area (Å²) in [5, 5.41) is 0. The smallest absolute Gasteiger partial charge is 0.306 e. The number of allylic oxidation sites excluding steroid dienone is 22. The molecule has 0 bridgehead atoms. The van der Waals surface area contributed by atoms with Gasteiger partial charge < -0.3 is 14.2 Å². The molecule has 1 atom stereocenters. The van der Waals surface area contributed by atoms with Crippen LogP contribution in [0.3, 0.4) is 0 Å². The fourth-order valence-corrected chi connectivity index (χ4v) is 7.49. The summed E-state index contributed by atoms with van der Waals surface area (Å²) in [7, 11) is 0. The monoisotopic (exact) mass is 995 g/mol. The largest absolute Gasteiger partial charge is 0.462 e. The average Bonchev–Trinajstić information content (AvgIpc) is 3.38. The van der Waals surface area contributed by atoms with E-state index in [0.29, 0.717) is 19.3 Å². The molecule has 0 aromatic carbocycles. The minimum absolute atomic E-state index is 0.110. The minimum atomic E-state index is -0.817. The second-order valence-corrected chi connectivity index (χ2v) is 18.8. The molecule has 406 valence electrons. The molecule has 1 unspecified atom stereocenters. The summed E-state index contributed by atoms with van der Waals surface area (Å²) in [4.78, 5) is 38.1. The number of hydrogen-bond donors (Lipinski definition) is 0. The van der Waals surface area contributed by atoms with E-state index in [-0.39, 0.29) is 37.5 Å². The van der Waals surface area contributed by atoms with Gasteiger partial charge in [-0.15, -0.1) is 0 Å². The zero-order valence-corrected chi connectivity index (χ0v) is 46.4. The van der Waals surface area contributed by atoms with Gasteiger partial charge in [-0.3, -0.25) is 14.4 Å². The molecular formula is C66H106O6. The first-order valence-corrected chi connectivity index (χ1v) is 29.2. The molecule has 0 fully saturated rings. The summed E-state index contributed by atoms with van der Waals surface area (Å²) in [6.45, 7) is 6.40. The lowest BCUT2D eigenvalue weighted by molar-refractivity contribution is -0.167. The van der Waals surface area contributed by atoms with Gasteiger partial charge in [0.15, 0.2) is 6.10 Å². The molecule has 0 heterocycles. The maximum atomic E-state index is 12.9. The van der Waals surface area contributed by atoms with Crippen LogP contribution in [0.4, 0.5) is 0 Å². The Balaban J connectivity index is 4.51. The second kappa shape index (κ2) is 59.1. The van der Waals surface area contributed by atoms with Crippen molar-refractivity contribution in [3.8, 4) is 0 Å². The van der Waals surface area contributed by atoms with Crippen LogP contribution >= 0.6 is 0 Å². The highest BCUT2D eigenvalue weighted by molar-refractivity contribution is 5.71. The van der Waals surface area contributed by atoms with Crippen LogP contribution in [0.25, 0.3) is 0 Å². The Kier molecular flexibility index (Phi) is 55.5. The third-order valence-corrected chi connectivity index (χ3v) is 11.9. The van der Waals surface area contributed by atoms with E-state index in [9.17, 15) is 14.4 Å². The van der Waals surface area contributed by atoms with Gasteiger partial charge in [0.1, 0.15) is 13.2 Å². The third kappa shape index (κ3) is 56.5. The molecular weight excluding hydrogens is 889 g/mol. The summed E-state index contributed by atoms with van der Waals surface area (Å²) in [6.07, 6.45) is 83.0. The Labute approximate surface area is 443 Å². The Hall–Kier alpha value is -4.45. The summed E-state index contributed by atoms with van der Waals surface area (Å²) < 4.78 is 16.8. The number of hydrogen-bond acceptors (Lipinski definition) is 6. The van der Waals surface area contributed by atoms with Crippen molar-refractivity contribution in [3.05, 3.63) is 134 Å². The maximum Gasteiger partial charge on any atom is 0.306 e. The average molecular weight is 996 g/mol. The van der Waals surface area contributed by atoms with E-state index in [1.54, 1.807) is 0 Å². The first kappa shape index (κ1) is 67.5. The zero-order chi connectivity index (χ0) is 52.2. The van der Waals surface area contributed by atoms with E-state index in [1.165, 1.54) is 70.6 Å². The predicted molar refractivity (Wildman–Crippen MR) is 311 cm³/mol. The van der Waals surface area contributed by atoms with Gasteiger partial charge in [0.05, 0.1) is 0 Å². The molecule has 0 aromatic rings. The number of unbranched alkanes of at least 4 members (excludes halogenated alkanes) is 18. The molecule has 0 aliphatic carbocycles. The van der Waals surface area contributed by atoms with Crippen LogP contribution in [0, 0.1) is 0 Å². The Bertz CT molecular complexity index is 1560. The number of esters is 3. The second-order valence-electron chi connectivity index (χ2n) is 18.8. The van der Waals surface area contributed by atoms with E-state index < -0.39 is 6.10 Å². The van der Waals surface area contributed by atoms with Crippen molar-refractivity contribution in [2.24, 2.45) is 0 Å². The maximum absolute atomic E-state index is 12.9. The number of rotatable bonds is 51. The van der Waals surface area contributed by atoms with Crippen molar-refractivity contribution in [1.29, 1.82) is 0 Å². The van der Waals surface area contributed by atoms with Crippen LogP contribution < -0.4 is 0 Å². The van der Waals surface area contributed by atoms with Crippen LogP contribution in [0.2, 0.25) is 0 Å². The Morgan fingerprint density at radius 3 is 0.917 bits per heavy atom. The van der Waals surface area contributed by atoms with Gasteiger partial charge in [-0.1, -0.05) is 225 Å². The fraction of sp³-hybridized carbons (Fsp3) is 0.621. The Morgan fingerprint density at radius 2 is 0.556 bits per heavy atom. The van der Waals surface area contributed by atoms with Crippen molar-refractivity contribution >= 4 is 17.9 Å². The van der Waals surface area contributed by atoms with Crippen molar-refractivity contribution in [3.63, 3.8) is 0 Å². The quantitative estimate of drug-likeness (QED) is 0.0261. The molecule has 72 heavy (non-hydrogen) atoms. The molecule has 0 radical (unpaired) electrons. The molecule has 6 nitrogen and oxygen atoms in total. The first-order valence-electron chi connectivity index (χ1n) is 29.2. The summed E-state index contributed by atoms with van der Waals surface area (Å²) in [6, 6.07) is 0. The first-order chi connectivity index (χ1) is 35.5. The summed E-state index contributed by atoms with van der Waals surface area (Å²) in [5.41, 5.74) is 0. The van der Waals surface area contributed by atoms with Crippen molar-refractivity contribution < 1.29 is 28.6 Å². The van der Waals surface area contributed by atoms with Gasteiger partial charge in [0.2, 0.25) is 0 Å². The van der Waals surface area contributed by atoms with Gasteiger partial charge >= 0.3 is 17.9 Å². The molecule has 0 aromatic heterocycles. The lowest BCUT2D eigenvalue weighted by Gasteiger charge is -2.18. The van der Waals surface area contributed by atoms with Gasteiger partial charge in [0, 0.05) is 19.3 Å². The zero-order valence-electron chi connectivity index (χ0n) is 46.4. The van der Waals surface area contributed by atoms with E-state index in [0.717, 1.165) is 128 Å². The van der Waals surface area contributed by atoms with Crippen LogP contribution in [-0.2, 0) is 28.6 Å². The van der Waals surface area contributed by atoms with E-state index in [1.807, 2.05) is 0 Å². The summed E-state index contributed by atoms with van der Waals surface area (Å²) >= 11 is 0. The molecule has 0 saturated carbocycles. The molecule has 0 spiro atoms. The van der Waals surface area contributed by atoms with Gasteiger partial charge in [-0.2, -0.15) is 0 Å². The summed E-state index contributed by atoms with van der Waals surface area (Å²) in [5.74, 6) is -0.998. The number of ether oxygens (including phenoxy) is 3. The van der Waals surface area contributed by atoms with Crippen molar-refractivity contribution in [2.45, 2.75) is 252 Å². The van der Waals surface area contributed by atoms with Crippen LogP contribution in [0.15, 0.2) is 134 Å². The number of carbonyl (C=O) groups is 3. The van der Waals surface area contributed by atoms with Gasteiger partial charge in [0.25, 0.3) is 0 Å². The standard InChI is InChI=1S/C66H106O6/c1-4-7-10-13-16-19-22-25-27-29-31-32-33-34-36-37-39-41-44-47-50-53-56-59-65(68)71-62-63(61-70-64(67)58-55-52-49-46-43-24-21-18-15-12-9-6-3)72-66(69)60-57-54-51-48-45-42-40-38-35-30-28-26-23-20-17-14-11-8-5-2/h7,10,16-21,25-28,31-32,34-36,38-39,41,47,50,63H,4-6,8-9,11-15,22-24,29-30,33,37,40,42-46,48-49,51-62H2,1-3H3/b10-7-,19-16-,20-17-,21-18-,27-25-,28-26-,32-31-,36-34-,38-35-,41-39-,50-47-. The van der Waals surface area contributed by atoms with Crippen molar-refractivity contribution in [1.82, 2.24) is 0 Å². The van der Waals surface area contributed by atoms with Crippen LogP contribution in [0.5, 0.6) is 0 Å². The predicted octanol–water partition coefficient (Wildman–Crippen LogP) is 19.8. The van der Waals surface area contributed by atoms with Crippen LogP contribution in [-0.4, -0.2) is 37.2 Å². The highest BCUT2D eigenvalue weighted by Gasteiger charge is 2.19. The molecule has 0 amide bonds. The molecule has 0 N–H and O–H groups in total. The normalized spacial score (nSPS) is 13.1. The molecule has 0 aliphatic rings. The topological polar surface area (TPSA) is 78.9 Å². The molecule has 6 heteroatoms. The van der Waals surface area contributed by atoms with E-state index in [4.69, 9.17) is 14.2 Å². The molecule has 0 rings (SSSR count). The van der Waals surface area contributed by atoms with Crippen LogP contribution in [0.1, 0.15) is 245 Å². The van der Waals surface area contributed by atoms with E-state index >= 15 is 0 Å². The van der Waals surface area contributed by atoms with Gasteiger partial charge in [-0.25, -0.2) is 0 Å². The minimum Gasteiger partial charge on any atom is -0.462 e. The number of carbonyl (C=O) groups excluding carboxylic acids is 3.